The van der Waals surface area contributed by atoms with Gasteiger partial charge in [0.15, 0.2) is 17.5 Å². The molecular weight excluding hydrogens is 356 g/mol. The maximum Gasteiger partial charge on any atom is 0.329 e. The van der Waals surface area contributed by atoms with E-state index >= 15 is 0 Å². The number of hydrogen-bond acceptors (Lipinski definition) is 5. The van der Waals surface area contributed by atoms with Crippen LogP contribution < -0.4 is 4.74 Å². The van der Waals surface area contributed by atoms with Crippen molar-refractivity contribution in [3.63, 3.8) is 0 Å². The van der Waals surface area contributed by atoms with Gasteiger partial charge in [-0.2, -0.15) is 0 Å². The first-order chi connectivity index (χ1) is 13.3. The Bertz CT molecular complexity index is 940. The van der Waals surface area contributed by atoms with E-state index in [2.05, 4.69) is 0 Å². The van der Waals surface area contributed by atoms with Crippen molar-refractivity contribution in [2.45, 2.75) is 33.1 Å². The number of carbonyl (C=O) groups excluding carboxylic acids is 3. The van der Waals surface area contributed by atoms with Crippen LogP contribution in [-0.2, 0) is 19.1 Å². The van der Waals surface area contributed by atoms with Gasteiger partial charge in [-0.25, -0.2) is 0 Å². The Morgan fingerprint density at radius 1 is 1.07 bits per heavy atom. The molecule has 1 aliphatic rings. The minimum atomic E-state index is -1.36. The van der Waals surface area contributed by atoms with Crippen LogP contribution >= 0.6 is 0 Å². The van der Waals surface area contributed by atoms with Crippen molar-refractivity contribution in [1.82, 2.24) is 0 Å². The van der Waals surface area contributed by atoms with Crippen LogP contribution in [0.5, 0.6) is 11.5 Å². The second kappa shape index (κ2) is 8.21. The summed E-state index contributed by atoms with van der Waals surface area (Å²) in [7, 11) is 0. The van der Waals surface area contributed by atoms with Gasteiger partial charge in [0.2, 0.25) is 0 Å². The molecule has 0 amide bonds. The van der Waals surface area contributed by atoms with E-state index in [9.17, 15) is 14.4 Å². The zero-order valence-corrected chi connectivity index (χ0v) is 16.1. The summed E-state index contributed by atoms with van der Waals surface area (Å²) in [6.45, 7) is 5.40. The van der Waals surface area contributed by atoms with E-state index in [0.717, 1.165) is 16.9 Å². The Kier molecular flexibility index (Phi) is 5.73. The van der Waals surface area contributed by atoms with E-state index in [1.54, 1.807) is 0 Å². The Labute approximate surface area is 164 Å². The maximum atomic E-state index is 12.5. The zero-order valence-electron chi connectivity index (χ0n) is 16.1. The van der Waals surface area contributed by atoms with Gasteiger partial charge in [-0.05, 0) is 49.6 Å². The third kappa shape index (κ3) is 4.55. The van der Waals surface area contributed by atoms with Crippen LogP contribution in [0.3, 0.4) is 0 Å². The average Bonchev–Trinajstić information content (AvgIpc) is 2.63. The Morgan fingerprint density at radius 2 is 1.79 bits per heavy atom. The van der Waals surface area contributed by atoms with Crippen molar-refractivity contribution in [1.29, 1.82) is 0 Å². The first-order valence-electron chi connectivity index (χ1n) is 9.14. The van der Waals surface area contributed by atoms with Crippen LogP contribution in [0.2, 0.25) is 0 Å². The van der Waals surface area contributed by atoms with Gasteiger partial charge in [-0.1, -0.05) is 36.8 Å². The largest absolute Gasteiger partial charge is 0.457 e. The zero-order chi connectivity index (χ0) is 20.3. The minimum Gasteiger partial charge on any atom is -0.457 e. The summed E-state index contributed by atoms with van der Waals surface area (Å²) in [6.07, 6.45) is 1.26. The average molecular weight is 378 g/mol. The fourth-order valence-electron chi connectivity index (χ4n) is 3.10. The molecule has 0 aliphatic carbocycles. The fourth-order valence-corrected chi connectivity index (χ4v) is 3.10. The molecule has 0 spiro atoms. The SMILES string of the molecule is CC1=CC(=O)C(C(=O)CC(C)c2cccc(Oc3ccc(C)cc3)c2)C(=O)O1. The Balaban J connectivity index is 1.70. The number of carbonyl (C=O) groups is 3. The minimum absolute atomic E-state index is 0.0619. The number of aryl methyl sites for hydroxylation is 1. The van der Waals surface area contributed by atoms with Gasteiger partial charge in [0.05, 0.1) is 0 Å². The van der Waals surface area contributed by atoms with Gasteiger partial charge in [-0.3, -0.25) is 14.4 Å². The summed E-state index contributed by atoms with van der Waals surface area (Å²) in [5, 5.41) is 0. The number of ketones is 2. The molecule has 2 atom stereocenters. The molecule has 0 N–H and O–H groups in total. The highest BCUT2D eigenvalue weighted by molar-refractivity contribution is 6.22. The van der Waals surface area contributed by atoms with Gasteiger partial charge in [0.1, 0.15) is 17.3 Å². The number of Topliss-reactive ketones (excluding diaryl/α,β-unsaturated/α-hetero) is 1. The van der Waals surface area contributed by atoms with E-state index in [1.807, 2.05) is 62.4 Å². The molecular formula is C23H22O5. The Hall–Kier alpha value is -3.21. The van der Waals surface area contributed by atoms with Crippen LogP contribution in [0.4, 0.5) is 0 Å². The molecule has 0 saturated heterocycles. The van der Waals surface area contributed by atoms with E-state index in [-0.39, 0.29) is 18.1 Å². The molecule has 144 valence electrons. The van der Waals surface area contributed by atoms with Crippen LogP contribution in [0.1, 0.15) is 37.3 Å². The van der Waals surface area contributed by atoms with Crippen LogP contribution in [0.15, 0.2) is 60.4 Å². The summed E-state index contributed by atoms with van der Waals surface area (Å²) in [5.74, 6) is -1.68. The quantitative estimate of drug-likeness (QED) is 0.547. The van der Waals surface area contributed by atoms with Gasteiger partial charge in [-0.15, -0.1) is 0 Å². The third-order valence-electron chi connectivity index (χ3n) is 4.64. The normalized spacial score (nSPS) is 17.5. The number of allylic oxidation sites excluding steroid dienone is 2. The lowest BCUT2D eigenvalue weighted by Crippen LogP contribution is -2.35. The second-order valence-electron chi connectivity index (χ2n) is 7.07. The molecule has 0 fully saturated rings. The summed E-state index contributed by atoms with van der Waals surface area (Å²) in [4.78, 5) is 36.5. The van der Waals surface area contributed by atoms with Crippen LogP contribution in [0, 0.1) is 12.8 Å². The van der Waals surface area contributed by atoms with Gasteiger partial charge >= 0.3 is 5.97 Å². The van der Waals surface area contributed by atoms with Crippen LogP contribution in [0.25, 0.3) is 0 Å². The Morgan fingerprint density at radius 3 is 2.46 bits per heavy atom. The lowest BCUT2D eigenvalue weighted by molar-refractivity contribution is -0.152. The van der Waals surface area contributed by atoms with E-state index in [0.29, 0.717) is 5.75 Å². The molecule has 0 bridgehead atoms. The topological polar surface area (TPSA) is 69.7 Å². The lowest BCUT2D eigenvalue weighted by Gasteiger charge is -2.19. The van der Waals surface area contributed by atoms with Crippen molar-refractivity contribution >= 4 is 17.5 Å². The van der Waals surface area contributed by atoms with Crippen molar-refractivity contribution in [3.8, 4) is 11.5 Å². The van der Waals surface area contributed by atoms with Crippen molar-refractivity contribution in [2.75, 3.05) is 0 Å². The molecule has 2 aromatic rings. The monoisotopic (exact) mass is 378 g/mol. The molecule has 1 aliphatic heterocycles. The molecule has 0 saturated carbocycles. The molecule has 0 aromatic heterocycles. The lowest BCUT2D eigenvalue weighted by atomic mass is 9.88. The molecule has 5 nitrogen and oxygen atoms in total. The predicted molar refractivity (Wildman–Crippen MR) is 104 cm³/mol. The van der Waals surface area contributed by atoms with Crippen molar-refractivity contribution in [2.24, 2.45) is 5.92 Å². The van der Waals surface area contributed by atoms with Crippen LogP contribution in [-0.4, -0.2) is 17.5 Å². The molecule has 28 heavy (non-hydrogen) atoms. The summed E-state index contributed by atoms with van der Waals surface area (Å²) < 4.78 is 10.8. The number of cyclic esters (lactones) is 1. The summed E-state index contributed by atoms with van der Waals surface area (Å²) >= 11 is 0. The van der Waals surface area contributed by atoms with E-state index < -0.39 is 23.5 Å². The summed E-state index contributed by atoms with van der Waals surface area (Å²) in [5.41, 5.74) is 2.04. The van der Waals surface area contributed by atoms with Gasteiger partial charge in [0.25, 0.3) is 0 Å². The fraction of sp³-hybridized carbons (Fsp3) is 0.261. The van der Waals surface area contributed by atoms with Crippen molar-refractivity contribution in [3.05, 3.63) is 71.5 Å². The number of hydrogen-bond donors (Lipinski definition) is 0. The number of rotatable bonds is 6. The van der Waals surface area contributed by atoms with E-state index in [4.69, 9.17) is 9.47 Å². The summed E-state index contributed by atoms with van der Waals surface area (Å²) in [6, 6.07) is 15.2. The molecule has 2 aromatic carbocycles. The predicted octanol–water partition coefficient (Wildman–Crippen LogP) is 4.50. The third-order valence-corrected chi connectivity index (χ3v) is 4.64. The smallest absolute Gasteiger partial charge is 0.329 e. The van der Waals surface area contributed by atoms with E-state index in [1.165, 1.54) is 13.0 Å². The molecule has 1 heterocycles. The number of ether oxygens (including phenoxy) is 2. The highest BCUT2D eigenvalue weighted by Crippen LogP contribution is 2.28. The standard InChI is InChI=1S/C23H22O5/c1-14-7-9-18(10-8-14)28-19-6-4-5-17(13-19)15(2)11-20(24)22-21(25)12-16(3)27-23(22)26/h4-10,12-13,15,22H,11H2,1-3H3. The highest BCUT2D eigenvalue weighted by Gasteiger charge is 2.37. The molecule has 3 rings (SSSR count). The molecule has 2 unspecified atom stereocenters. The first kappa shape index (κ1) is 19.5. The number of benzene rings is 2. The first-order valence-corrected chi connectivity index (χ1v) is 9.14. The van der Waals surface area contributed by atoms with Gasteiger partial charge in [0, 0.05) is 12.5 Å². The van der Waals surface area contributed by atoms with Crippen molar-refractivity contribution < 1.29 is 23.9 Å². The molecule has 0 radical (unpaired) electrons. The second-order valence-corrected chi connectivity index (χ2v) is 7.07. The number of esters is 1. The molecule has 5 heteroatoms. The maximum absolute atomic E-state index is 12.5. The highest BCUT2D eigenvalue weighted by atomic mass is 16.5. The van der Waals surface area contributed by atoms with Gasteiger partial charge < -0.3 is 9.47 Å².